The van der Waals surface area contributed by atoms with Crippen molar-refractivity contribution >= 4 is 20.8 Å². The maximum absolute atomic E-state index is 11.8. The SMILES string of the molecule is Cc1cc(CN2CCCC2)c(O)c2c(S(N)(=O)=O)cccc12. The molecule has 5 nitrogen and oxygen atoms in total. The molecule has 3 rings (SSSR count). The number of hydrogen-bond acceptors (Lipinski definition) is 4. The molecule has 0 amide bonds. The highest BCUT2D eigenvalue weighted by Gasteiger charge is 2.20. The van der Waals surface area contributed by atoms with Gasteiger partial charge in [0.05, 0.1) is 4.90 Å². The highest BCUT2D eigenvalue weighted by molar-refractivity contribution is 7.89. The molecule has 0 spiro atoms. The van der Waals surface area contributed by atoms with E-state index in [-0.39, 0.29) is 10.6 Å². The summed E-state index contributed by atoms with van der Waals surface area (Å²) in [6, 6.07) is 6.83. The molecule has 0 atom stereocenters. The molecule has 2 aromatic rings. The number of fused-ring (bicyclic) bond motifs is 1. The van der Waals surface area contributed by atoms with Crippen LogP contribution in [0.2, 0.25) is 0 Å². The molecule has 118 valence electrons. The van der Waals surface area contributed by atoms with Gasteiger partial charge in [-0.15, -0.1) is 0 Å². The van der Waals surface area contributed by atoms with E-state index in [0.29, 0.717) is 17.3 Å². The lowest BCUT2D eigenvalue weighted by Crippen LogP contribution is -2.18. The molecule has 0 radical (unpaired) electrons. The maximum atomic E-state index is 11.8. The number of nitrogens with two attached hydrogens (primary N) is 1. The average molecular weight is 320 g/mol. The summed E-state index contributed by atoms with van der Waals surface area (Å²) in [6.07, 6.45) is 2.32. The number of primary sulfonamides is 1. The van der Waals surface area contributed by atoms with Crippen LogP contribution in [-0.2, 0) is 16.6 Å². The second-order valence-corrected chi connectivity index (χ2v) is 7.44. The van der Waals surface area contributed by atoms with E-state index in [1.165, 1.54) is 6.07 Å². The summed E-state index contributed by atoms with van der Waals surface area (Å²) in [5.74, 6) is 0.0251. The highest BCUT2D eigenvalue weighted by atomic mass is 32.2. The summed E-state index contributed by atoms with van der Waals surface area (Å²) in [4.78, 5) is 2.24. The maximum Gasteiger partial charge on any atom is 0.238 e. The molecule has 0 aliphatic carbocycles. The predicted octanol–water partition coefficient (Wildman–Crippen LogP) is 2.10. The Hall–Kier alpha value is -1.63. The van der Waals surface area contributed by atoms with Gasteiger partial charge in [0.25, 0.3) is 0 Å². The number of likely N-dealkylation sites (tertiary alicyclic amines) is 1. The van der Waals surface area contributed by atoms with E-state index in [0.717, 1.165) is 37.1 Å². The Morgan fingerprint density at radius 3 is 2.59 bits per heavy atom. The number of rotatable bonds is 3. The first kappa shape index (κ1) is 15.3. The summed E-state index contributed by atoms with van der Waals surface area (Å²) < 4.78 is 23.6. The number of phenolic OH excluding ortho intramolecular Hbond substituents is 1. The Kier molecular flexibility index (Phi) is 3.84. The molecule has 1 fully saturated rings. The van der Waals surface area contributed by atoms with Gasteiger partial charge in [-0.1, -0.05) is 18.2 Å². The van der Waals surface area contributed by atoms with E-state index in [1.54, 1.807) is 12.1 Å². The van der Waals surface area contributed by atoms with E-state index < -0.39 is 10.0 Å². The molecule has 0 bridgehead atoms. The number of nitrogens with zero attached hydrogens (tertiary/aromatic N) is 1. The van der Waals surface area contributed by atoms with Gasteiger partial charge in [0.15, 0.2) is 0 Å². The van der Waals surface area contributed by atoms with Gasteiger partial charge in [0, 0.05) is 17.5 Å². The molecule has 6 heteroatoms. The van der Waals surface area contributed by atoms with E-state index in [4.69, 9.17) is 5.14 Å². The Morgan fingerprint density at radius 2 is 1.95 bits per heavy atom. The molecule has 0 unspecified atom stereocenters. The van der Waals surface area contributed by atoms with Crippen LogP contribution in [0.25, 0.3) is 10.8 Å². The van der Waals surface area contributed by atoms with Crippen LogP contribution in [0.5, 0.6) is 5.75 Å². The van der Waals surface area contributed by atoms with Crippen LogP contribution in [-0.4, -0.2) is 31.5 Å². The van der Waals surface area contributed by atoms with Crippen molar-refractivity contribution in [2.75, 3.05) is 13.1 Å². The van der Waals surface area contributed by atoms with Gasteiger partial charge in [0.1, 0.15) is 5.75 Å². The zero-order valence-electron chi connectivity index (χ0n) is 12.5. The first-order chi connectivity index (χ1) is 10.4. The monoisotopic (exact) mass is 320 g/mol. The third kappa shape index (κ3) is 2.69. The third-order valence-corrected chi connectivity index (χ3v) is 5.24. The lowest BCUT2D eigenvalue weighted by atomic mass is 10.00. The third-order valence-electron chi connectivity index (χ3n) is 4.28. The molecule has 1 heterocycles. The van der Waals surface area contributed by atoms with Gasteiger partial charge >= 0.3 is 0 Å². The molecule has 1 saturated heterocycles. The highest BCUT2D eigenvalue weighted by Crippen LogP contribution is 2.36. The van der Waals surface area contributed by atoms with Crippen molar-refractivity contribution < 1.29 is 13.5 Å². The zero-order valence-corrected chi connectivity index (χ0v) is 13.4. The molecule has 22 heavy (non-hydrogen) atoms. The number of sulfonamides is 1. The van der Waals surface area contributed by atoms with E-state index >= 15 is 0 Å². The zero-order chi connectivity index (χ0) is 15.9. The number of phenols is 1. The molecular formula is C16H20N2O3S. The second kappa shape index (κ2) is 5.53. The summed E-state index contributed by atoms with van der Waals surface area (Å²) in [5.41, 5.74) is 1.69. The fourth-order valence-corrected chi connectivity index (χ4v) is 3.97. The Bertz CT molecular complexity index is 825. The molecule has 0 aromatic heterocycles. The quantitative estimate of drug-likeness (QED) is 0.907. The van der Waals surface area contributed by atoms with E-state index in [1.807, 2.05) is 13.0 Å². The van der Waals surface area contributed by atoms with Crippen molar-refractivity contribution in [3.63, 3.8) is 0 Å². The van der Waals surface area contributed by atoms with Gasteiger partial charge in [0.2, 0.25) is 10.0 Å². The molecule has 1 aliphatic heterocycles. The standard InChI is InChI=1S/C16H20N2O3S/c1-11-9-12(10-18-7-2-3-8-18)16(19)15-13(11)5-4-6-14(15)22(17,20)21/h4-6,9,19H,2-3,7-8,10H2,1H3,(H2,17,20,21). The Labute approximate surface area is 130 Å². The van der Waals surface area contributed by atoms with Crippen LogP contribution in [0.1, 0.15) is 24.0 Å². The van der Waals surface area contributed by atoms with Crippen LogP contribution in [0.3, 0.4) is 0 Å². The predicted molar refractivity (Wildman–Crippen MR) is 86.2 cm³/mol. The van der Waals surface area contributed by atoms with Crippen molar-refractivity contribution in [3.05, 3.63) is 35.4 Å². The Morgan fingerprint density at radius 1 is 1.27 bits per heavy atom. The van der Waals surface area contributed by atoms with Gasteiger partial charge < -0.3 is 5.11 Å². The van der Waals surface area contributed by atoms with Gasteiger partial charge in [-0.2, -0.15) is 0 Å². The van der Waals surface area contributed by atoms with Crippen molar-refractivity contribution in [2.24, 2.45) is 5.14 Å². The number of benzene rings is 2. The van der Waals surface area contributed by atoms with Crippen LogP contribution in [0.15, 0.2) is 29.2 Å². The van der Waals surface area contributed by atoms with Gasteiger partial charge in [-0.3, -0.25) is 4.90 Å². The fraction of sp³-hybridized carbons (Fsp3) is 0.375. The topological polar surface area (TPSA) is 83.6 Å². The van der Waals surface area contributed by atoms with Gasteiger partial charge in [-0.05, 0) is 49.9 Å². The smallest absolute Gasteiger partial charge is 0.238 e. The molecule has 0 saturated carbocycles. The normalized spacial score (nSPS) is 16.5. The minimum Gasteiger partial charge on any atom is -0.507 e. The average Bonchev–Trinajstić information content (AvgIpc) is 2.96. The minimum absolute atomic E-state index is 0.0196. The largest absolute Gasteiger partial charge is 0.507 e. The van der Waals surface area contributed by atoms with E-state index in [9.17, 15) is 13.5 Å². The second-order valence-electron chi connectivity index (χ2n) is 5.91. The molecule has 2 aromatic carbocycles. The summed E-state index contributed by atoms with van der Waals surface area (Å²) >= 11 is 0. The number of aromatic hydroxyl groups is 1. The summed E-state index contributed by atoms with van der Waals surface area (Å²) in [5, 5.41) is 17.0. The lowest BCUT2D eigenvalue weighted by Gasteiger charge is -2.18. The number of aryl methyl sites for hydroxylation is 1. The van der Waals surface area contributed by atoms with Gasteiger partial charge in [-0.25, -0.2) is 13.6 Å². The van der Waals surface area contributed by atoms with Crippen LogP contribution in [0, 0.1) is 6.92 Å². The van der Waals surface area contributed by atoms with Crippen molar-refractivity contribution in [3.8, 4) is 5.75 Å². The lowest BCUT2D eigenvalue weighted by molar-refractivity contribution is 0.324. The van der Waals surface area contributed by atoms with E-state index in [2.05, 4.69) is 4.90 Å². The fourth-order valence-electron chi connectivity index (χ4n) is 3.21. The first-order valence-corrected chi connectivity index (χ1v) is 8.92. The molecule has 1 aliphatic rings. The number of hydrogen-bond donors (Lipinski definition) is 2. The summed E-state index contributed by atoms with van der Waals surface area (Å²) in [7, 11) is -3.89. The molecule has 3 N–H and O–H groups in total. The van der Waals surface area contributed by atoms with Crippen molar-refractivity contribution in [1.29, 1.82) is 0 Å². The molecular weight excluding hydrogens is 300 g/mol. The minimum atomic E-state index is -3.89. The van der Waals surface area contributed by atoms with Crippen molar-refractivity contribution in [1.82, 2.24) is 4.90 Å². The van der Waals surface area contributed by atoms with Crippen LogP contribution >= 0.6 is 0 Å². The van der Waals surface area contributed by atoms with Crippen molar-refractivity contribution in [2.45, 2.75) is 31.2 Å². The van der Waals surface area contributed by atoms with Crippen LogP contribution < -0.4 is 5.14 Å². The van der Waals surface area contributed by atoms with Crippen LogP contribution in [0.4, 0.5) is 0 Å². The summed E-state index contributed by atoms with van der Waals surface area (Å²) in [6.45, 7) is 4.56. The first-order valence-electron chi connectivity index (χ1n) is 7.37. The Balaban J connectivity index is 2.21.